The van der Waals surface area contributed by atoms with Gasteiger partial charge in [0.1, 0.15) is 0 Å². The van der Waals surface area contributed by atoms with E-state index in [9.17, 15) is 9.90 Å². The molecule has 2 rings (SSSR count). The van der Waals surface area contributed by atoms with Crippen molar-refractivity contribution in [1.82, 2.24) is 15.1 Å². The molecule has 1 unspecified atom stereocenters. The number of benzene rings is 1. The minimum Gasteiger partial charge on any atom is -0.480 e. The van der Waals surface area contributed by atoms with Crippen molar-refractivity contribution in [2.75, 3.05) is 7.05 Å². The van der Waals surface area contributed by atoms with Gasteiger partial charge in [-0.3, -0.25) is 10.00 Å². The Morgan fingerprint density at radius 3 is 2.45 bits per heavy atom. The van der Waals surface area contributed by atoms with Gasteiger partial charge >= 0.3 is 5.97 Å². The normalized spacial score (nSPS) is 13.9. The van der Waals surface area contributed by atoms with Crippen LogP contribution in [-0.2, 0) is 16.9 Å². The molecule has 0 amide bonds. The number of nitrogens with zero attached hydrogens (tertiary/aromatic N) is 2. The summed E-state index contributed by atoms with van der Waals surface area (Å²) in [5.74, 6) is -0.918. The van der Waals surface area contributed by atoms with Crippen molar-refractivity contribution in [3.8, 4) is 0 Å². The molecule has 0 bridgehead atoms. The number of carbonyl (C=O) groups is 1. The van der Waals surface area contributed by atoms with Crippen molar-refractivity contribution in [2.45, 2.75) is 25.9 Å². The summed E-state index contributed by atoms with van der Waals surface area (Å²) in [6.07, 6.45) is 0. The fourth-order valence-electron chi connectivity index (χ4n) is 2.40. The highest BCUT2D eigenvalue weighted by molar-refractivity contribution is 5.80. The van der Waals surface area contributed by atoms with Gasteiger partial charge in [-0.15, -0.1) is 0 Å². The van der Waals surface area contributed by atoms with Gasteiger partial charge in [0, 0.05) is 5.69 Å². The molecule has 2 aromatic rings. The van der Waals surface area contributed by atoms with Crippen molar-refractivity contribution in [2.24, 2.45) is 0 Å². The third-order valence-electron chi connectivity index (χ3n) is 3.55. The Morgan fingerprint density at radius 2 is 2.00 bits per heavy atom. The molecule has 0 aliphatic carbocycles. The molecule has 0 aliphatic rings. The van der Waals surface area contributed by atoms with E-state index in [0.717, 1.165) is 11.4 Å². The van der Waals surface area contributed by atoms with Crippen LogP contribution in [0.15, 0.2) is 36.4 Å². The van der Waals surface area contributed by atoms with E-state index in [1.54, 1.807) is 11.7 Å². The van der Waals surface area contributed by atoms with E-state index in [-0.39, 0.29) is 6.54 Å². The Balaban J connectivity index is 2.48. The predicted octanol–water partition coefficient (Wildman–Crippen LogP) is 1.70. The Hall–Kier alpha value is -2.14. The van der Waals surface area contributed by atoms with E-state index in [0.29, 0.717) is 5.56 Å². The van der Waals surface area contributed by atoms with Crippen LogP contribution in [0, 0.1) is 13.8 Å². The molecule has 0 aliphatic heterocycles. The number of aromatic nitrogens is 2. The fraction of sp³-hybridized carbons (Fsp3) is 0.333. The van der Waals surface area contributed by atoms with Crippen LogP contribution < -0.4 is 5.32 Å². The highest BCUT2D eigenvalue weighted by Gasteiger charge is 2.40. The van der Waals surface area contributed by atoms with Gasteiger partial charge in [-0.1, -0.05) is 30.3 Å². The number of likely N-dealkylation sites (N-methyl/N-ethyl adjacent to an activating group) is 1. The first kappa shape index (κ1) is 14.3. The SMILES string of the molecule is CNC(Cn1nc(C)cc1C)(C(=O)O)c1ccccc1. The summed E-state index contributed by atoms with van der Waals surface area (Å²) >= 11 is 0. The standard InChI is InChI=1S/C15H19N3O2/c1-11-9-12(2)18(17-11)10-15(16-3,14(19)20)13-7-5-4-6-8-13/h4-9,16H,10H2,1-3H3,(H,19,20). The fourth-order valence-corrected chi connectivity index (χ4v) is 2.40. The zero-order chi connectivity index (χ0) is 14.8. The second kappa shape index (κ2) is 5.46. The van der Waals surface area contributed by atoms with E-state index >= 15 is 0 Å². The highest BCUT2D eigenvalue weighted by atomic mass is 16.4. The van der Waals surface area contributed by atoms with Gasteiger partial charge in [0.2, 0.25) is 0 Å². The summed E-state index contributed by atoms with van der Waals surface area (Å²) in [6.45, 7) is 4.06. The summed E-state index contributed by atoms with van der Waals surface area (Å²) < 4.78 is 1.73. The van der Waals surface area contributed by atoms with Gasteiger partial charge < -0.3 is 5.11 Å². The van der Waals surface area contributed by atoms with Crippen LogP contribution in [0.5, 0.6) is 0 Å². The number of nitrogens with one attached hydrogen (secondary N) is 1. The van der Waals surface area contributed by atoms with Gasteiger partial charge in [-0.05, 0) is 32.5 Å². The Bertz CT molecular complexity index is 607. The molecule has 1 heterocycles. The Kier molecular flexibility index (Phi) is 3.90. The van der Waals surface area contributed by atoms with E-state index in [1.165, 1.54) is 0 Å². The number of carboxylic acids is 1. The smallest absolute Gasteiger partial charge is 0.330 e. The van der Waals surface area contributed by atoms with E-state index in [1.807, 2.05) is 50.2 Å². The number of rotatable bonds is 5. The molecule has 1 aromatic heterocycles. The van der Waals surface area contributed by atoms with Crippen LogP contribution in [0.25, 0.3) is 0 Å². The second-order valence-corrected chi connectivity index (χ2v) is 4.91. The Morgan fingerprint density at radius 1 is 1.35 bits per heavy atom. The maximum atomic E-state index is 11.9. The molecular weight excluding hydrogens is 254 g/mol. The molecular formula is C15H19N3O2. The van der Waals surface area contributed by atoms with Crippen LogP contribution in [0.4, 0.5) is 0 Å². The second-order valence-electron chi connectivity index (χ2n) is 4.91. The third kappa shape index (κ3) is 2.44. The number of aryl methyl sites for hydroxylation is 2. The lowest BCUT2D eigenvalue weighted by Gasteiger charge is -2.30. The zero-order valence-corrected chi connectivity index (χ0v) is 11.9. The van der Waals surface area contributed by atoms with Crippen molar-refractivity contribution >= 4 is 5.97 Å². The van der Waals surface area contributed by atoms with Crippen LogP contribution in [0.3, 0.4) is 0 Å². The summed E-state index contributed by atoms with van der Waals surface area (Å²) in [6, 6.07) is 11.1. The first-order valence-electron chi connectivity index (χ1n) is 6.48. The molecule has 5 heteroatoms. The summed E-state index contributed by atoms with van der Waals surface area (Å²) in [4.78, 5) is 11.9. The van der Waals surface area contributed by atoms with Crippen molar-refractivity contribution < 1.29 is 9.90 Å². The van der Waals surface area contributed by atoms with Gasteiger partial charge in [-0.2, -0.15) is 5.10 Å². The van der Waals surface area contributed by atoms with Crippen LogP contribution >= 0.6 is 0 Å². The lowest BCUT2D eigenvalue weighted by Crippen LogP contribution is -2.51. The summed E-state index contributed by atoms with van der Waals surface area (Å²) in [5.41, 5.74) is 1.35. The highest BCUT2D eigenvalue weighted by Crippen LogP contribution is 2.24. The molecule has 1 atom stereocenters. The molecule has 106 valence electrons. The average molecular weight is 273 g/mol. The molecule has 5 nitrogen and oxygen atoms in total. The molecule has 0 radical (unpaired) electrons. The van der Waals surface area contributed by atoms with Crippen molar-refractivity contribution in [1.29, 1.82) is 0 Å². The molecule has 20 heavy (non-hydrogen) atoms. The molecule has 2 N–H and O–H groups in total. The van der Waals surface area contributed by atoms with Crippen LogP contribution in [0.1, 0.15) is 17.0 Å². The van der Waals surface area contributed by atoms with Gasteiger partial charge in [-0.25, -0.2) is 4.79 Å². The van der Waals surface area contributed by atoms with Gasteiger partial charge in [0.25, 0.3) is 0 Å². The predicted molar refractivity (Wildman–Crippen MR) is 76.5 cm³/mol. The van der Waals surface area contributed by atoms with E-state index < -0.39 is 11.5 Å². The first-order valence-corrected chi connectivity index (χ1v) is 6.48. The van der Waals surface area contributed by atoms with Gasteiger partial charge in [0.05, 0.1) is 12.2 Å². The monoisotopic (exact) mass is 273 g/mol. The molecule has 0 saturated carbocycles. The number of carboxylic acid groups (broad SMARTS) is 1. The quantitative estimate of drug-likeness (QED) is 0.870. The lowest BCUT2D eigenvalue weighted by molar-refractivity contribution is -0.146. The van der Waals surface area contributed by atoms with Gasteiger partial charge in [0.15, 0.2) is 5.54 Å². The lowest BCUT2D eigenvalue weighted by atomic mass is 9.90. The summed E-state index contributed by atoms with van der Waals surface area (Å²) in [5, 5.41) is 17.1. The van der Waals surface area contributed by atoms with E-state index in [4.69, 9.17) is 0 Å². The zero-order valence-electron chi connectivity index (χ0n) is 11.9. The largest absolute Gasteiger partial charge is 0.480 e. The maximum absolute atomic E-state index is 11.9. The maximum Gasteiger partial charge on any atom is 0.330 e. The van der Waals surface area contributed by atoms with Crippen LogP contribution in [0.2, 0.25) is 0 Å². The average Bonchev–Trinajstić information content (AvgIpc) is 2.74. The minimum absolute atomic E-state index is 0.239. The third-order valence-corrected chi connectivity index (χ3v) is 3.55. The number of hydrogen-bond donors (Lipinski definition) is 2. The minimum atomic E-state index is -1.19. The topological polar surface area (TPSA) is 67.2 Å². The molecule has 0 saturated heterocycles. The molecule has 1 aromatic carbocycles. The van der Waals surface area contributed by atoms with Crippen molar-refractivity contribution in [3.05, 3.63) is 53.3 Å². The molecule has 0 fully saturated rings. The summed E-state index contributed by atoms with van der Waals surface area (Å²) in [7, 11) is 1.66. The first-order chi connectivity index (χ1) is 9.49. The van der Waals surface area contributed by atoms with Crippen molar-refractivity contribution in [3.63, 3.8) is 0 Å². The van der Waals surface area contributed by atoms with E-state index in [2.05, 4.69) is 10.4 Å². The Labute approximate surface area is 118 Å². The molecule has 0 spiro atoms. The number of aliphatic carboxylic acids is 1. The number of hydrogen-bond acceptors (Lipinski definition) is 3. The van der Waals surface area contributed by atoms with Crippen LogP contribution in [-0.4, -0.2) is 27.9 Å².